The second-order valence-corrected chi connectivity index (χ2v) is 4.61. The zero-order valence-electron chi connectivity index (χ0n) is 8.73. The summed E-state index contributed by atoms with van der Waals surface area (Å²) < 4.78 is 0. The first-order valence-electron chi connectivity index (χ1n) is 4.73. The summed E-state index contributed by atoms with van der Waals surface area (Å²) >= 11 is 1.76. The molecule has 0 spiro atoms. The van der Waals surface area contributed by atoms with E-state index in [1.165, 1.54) is 10.4 Å². The molecule has 0 saturated heterocycles. The van der Waals surface area contributed by atoms with Crippen LogP contribution in [0.4, 0.5) is 0 Å². The van der Waals surface area contributed by atoms with Gasteiger partial charge in [-0.1, -0.05) is 0 Å². The number of nitrogens with zero attached hydrogens (tertiary/aromatic N) is 1. The minimum absolute atomic E-state index is 0.327. The van der Waals surface area contributed by atoms with Gasteiger partial charge in [-0.3, -0.25) is 4.90 Å². The Morgan fingerprint density at radius 2 is 2.36 bits per heavy atom. The molecule has 0 aliphatic heterocycles. The van der Waals surface area contributed by atoms with E-state index in [0.29, 0.717) is 13.1 Å². The first kappa shape index (κ1) is 11.7. The van der Waals surface area contributed by atoms with Crippen molar-refractivity contribution in [2.75, 3.05) is 20.1 Å². The minimum Gasteiger partial charge on any atom is -0.390 e. The van der Waals surface area contributed by atoms with Crippen LogP contribution in [0.3, 0.4) is 0 Å². The van der Waals surface area contributed by atoms with E-state index in [-0.39, 0.29) is 0 Å². The van der Waals surface area contributed by atoms with Gasteiger partial charge in [0.1, 0.15) is 0 Å². The monoisotopic (exact) mass is 214 g/mol. The van der Waals surface area contributed by atoms with Crippen molar-refractivity contribution in [3.8, 4) is 0 Å². The topological polar surface area (TPSA) is 49.5 Å². The van der Waals surface area contributed by atoms with Crippen molar-refractivity contribution in [2.24, 2.45) is 5.73 Å². The quantitative estimate of drug-likeness (QED) is 0.762. The highest BCUT2D eigenvalue weighted by Crippen LogP contribution is 2.17. The molecule has 0 fully saturated rings. The Kier molecular flexibility index (Phi) is 4.54. The average Bonchev–Trinajstić information content (AvgIpc) is 2.51. The molecule has 1 heterocycles. The molecule has 0 saturated carbocycles. The van der Waals surface area contributed by atoms with Crippen LogP contribution in [0.15, 0.2) is 11.4 Å². The summed E-state index contributed by atoms with van der Waals surface area (Å²) in [6.45, 7) is 3.96. The molecule has 0 bridgehead atoms. The van der Waals surface area contributed by atoms with Gasteiger partial charge in [0.15, 0.2) is 0 Å². The SMILES string of the molecule is Cc1ccsc1CN(C)CC(O)CN. The standard InChI is InChI=1S/C10H18N2OS/c1-8-3-4-14-10(8)7-12(2)6-9(13)5-11/h3-4,9,13H,5-7,11H2,1-2H3. The van der Waals surface area contributed by atoms with Crippen molar-refractivity contribution in [2.45, 2.75) is 19.6 Å². The van der Waals surface area contributed by atoms with Gasteiger partial charge in [0.05, 0.1) is 6.10 Å². The highest BCUT2D eigenvalue weighted by atomic mass is 32.1. The van der Waals surface area contributed by atoms with Crippen molar-refractivity contribution in [3.63, 3.8) is 0 Å². The van der Waals surface area contributed by atoms with Crippen LogP contribution in [-0.4, -0.2) is 36.2 Å². The maximum Gasteiger partial charge on any atom is 0.0789 e. The van der Waals surface area contributed by atoms with Crippen molar-refractivity contribution in [1.29, 1.82) is 0 Å². The van der Waals surface area contributed by atoms with E-state index in [4.69, 9.17) is 5.73 Å². The lowest BCUT2D eigenvalue weighted by molar-refractivity contribution is 0.130. The zero-order chi connectivity index (χ0) is 10.6. The first-order chi connectivity index (χ1) is 6.63. The molecule has 0 aliphatic carbocycles. The molecule has 1 atom stereocenters. The van der Waals surface area contributed by atoms with Crippen LogP contribution in [-0.2, 0) is 6.54 Å². The van der Waals surface area contributed by atoms with Crippen LogP contribution in [0, 0.1) is 6.92 Å². The number of likely N-dealkylation sites (N-methyl/N-ethyl adjacent to an activating group) is 1. The average molecular weight is 214 g/mol. The lowest BCUT2D eigenvalue weighted by Crippen LogP contribution is -2.33. The van der Waals surface area contributed by atoms with E-state index in [2.05, 4.69) is 23.3 Å². The summed E-state index contributed by atoms with van der Waals surface area (Å²) in [6, 6.07) is 2.12. The molecule has 0 amide bonds. The second-order valence-electron chi connectivity index (χ2n) is 3.61. The molecule has 14 heavy (non-hydrogen) atoms. The third-order valence-electron chi connectivity index (χ3n) is 2.18. The van der Waals surface area contributed by atoms with E-state index in [9.17, 15) is 5.11 Å². The molecule has 1 aromatic rings. The fourth-order valence-electron chi connectivity index (χ4n) is 1.31. The Balaban J connectivity index is 2.41. The predicted octanol–water partition coefficient (Wildman–Crippen LogP) is 0.808. The van der Waals surface area contributed by atoms with Gasteiger partial charge in [-0.05, 0) is 31.0 Å². The van der Waals surface area contributed by atoms with Crippen molar-refractivity contribution in [1.82, 2.24) is 4.90 Å². The van der Waals surface area contributed by atoms with Crippen LogP contribution in [0.25, 0.3) is 0 Å². The van der Waals surface area contributed by atoms with Gasteiger partial charge in [0.2, 0.25) is 0 Å². The summed E-state index contributed by atoms with van der Waals surface area (Å²) in [6.07, 6.45) is -0.416. The molecule has 0 aliphatic rings. The minimum atomic E-state index is -0.416. The summed E-state index contributed by atoms with van der Waals surface area (Å²) in [5, 5.41) is 11.5. The molecule has 1 rings (SSSR count). The Morgan fingerprint density at radius 1 is 1.64 bits per heavy atom. The van der Waals surface area contributed by atoms with Gasteiger partial charge in [-0.25, -0.2) is 0 Å². The molecule has 4 heteroatoms. The van der Waals surface area contributed by atoms with Crippen molar-refractivity contribution >= 4 is 11.3 Å². The van der Waals surface area contributed by atoms with Gasteiger partial charge in [-0.15, -0.1) is 11.3 Å². The Labute approximate surface area is 89.2 Å². The van der Waals surface area contributed by atoms with Crippen LogP contribution in [0.5, 0.6) is 0 Å². The molecule has 3 N–H and O–H groups in total. The van der Waals surface area contributed by atoms with E-state index in [1.54, 1.807) is 11.3 Å². The maximum absolute atomic E-state index is 9.36. The molecule has 0 radical (unpaired) electrons. The van der Waals surface area contributed by atoms with Crippen molar-refractivity contribution in [3.05, 3.63) is 21.9 Å². The summed E-state index contributed by atoms with van der Waals surface area (Å²) in [5.41, 5.74) is 6.67. The Hall–Kier alpha value is -0.420. The van der Waals surface area contributed by atoms with Crippen LogP contribution in [0.1, 0.15) is 10.4 Å². The zero-order valence-corrected chi connectivity index (χ0v) is 9.55. The third-order valence-corrected chi connectivity index (χ3v) is 3.18. The van der Waals surface area contributed by atoms with Gasteiger partial charge in [0.25, 0.3) is 0 Å². The molecule has 0 aromatic carbocycles. The smallest absolute Gasteiger partial charge is 0.0789 e. The van der Waals surface area contributed by atoms with Gasteiger partial charge >= 0.3 is 0 Å². The van der Waals surface area contributed by atoms with Gasteiger partial charge in [0, 0.05) is 24.5 Å². The highest BCUT2D eigenvalue weighted by molar-refractivity contribution is 7.10. The Morgan fingerprint density at radius 3 is 2.86 bits per heavy atom. The van der Waals surface area contributed by atoms with Crippen molar-refractivity contribution < 1.29 is 5.11 Å². The highest BCUT2D eigenvalue weighted by Gasteiger charge is 2.08. The summed E-state index contributed by atoms with van der Waals surface area (Å²) in [5.74, 6) is 0. The van der Waals surface area contributed by atoms with E-state index < -0.39 is 6.10 Å². The number of hydrogen-bond acceptors (Lipinski definition) is 4. The molecule has 3 nitrogen and oxygen atoms in total. The number of rotatable bonds is 5. The molecule has 80 valence electrons. The maximum atomic E-state index is 9.36. The van der Waals surface area contributed by atoms with E-state index in [1.807, 2.05) is 7.05 Å². The van der Waals surface area contributed by atoms with Crippen LogP contribution < -0.4 is 5.73 Å². The number of thiophene rings is 1. The lowest BCUT2D eigenvalue weighted by Gasteiger charge is -2.19. The van der Waals surface area contributed by atoms with E-state index >= 15 is 0 Å². The molecular formula is C10H18N2OS. The fraction of sp³-hybridized carbons (Fsp3) is 0.600. The normalized spacial score (nSPS) is 13.5. The second kappa shape index (κ2) is 5.46. The van der Waals surface area contributed by atoms with Crippen LogP contribution in [0.2, 0.25) is 0 Å². The van der Waals surface area contributed by atoms with Crippen LogP contribution >= 0.6 is 11.3 Å². The summed E-state index contributed by atoms with van der Waals surface area (Å²) in [7, 11) is 2.00. The summed E-state index contributed by atoms with van der Waals surface area (Å²) in [4.78, 5) is 3.45. The predicted molar refractivity (Wildman–Crippen MR) is 60.5 cm³/mol. The number of aryl methyl sites for hydroxylation is 1. The molecule has 1 unspecified atom stereocenters. The Bertz CT molecular complexity index is 275. The van der Waals surface area contributed by atoms with E-state index in [0.717, 1.165) is 6.54 Å². The molecular weight excluding hydrogens is 196 g/mol. The molecule has 1 aromatic heterocycles. The number of aliphatic hydroxyl groups excluding tert-OH is 1. The fourth-order valence-corrected chi connectivity index (χ4v) is 2.30. The number of nitrogens with two attached hydrogens (primary N) is 1. The number of aliphatic hydroxyl groups is 1. The third kappa shape index (κ3) is 3.38. The van der Waals surface area contributed by atoms with Gasteiger partial charge < -0.3 is 10.8 Å². The van der Waals surface area contributed by atoms with Gasteiger partial charge in [-0.2, -0.15) is 0 Å². The largest absolute Gasteiger partial charge is 0.390 e. The number of hydrogen-bond donors (Lipinski definition) is 2. The lowest BCUT2D eigenvalue weighted by atomic mass is 10.2. The first-order valence-corrected chi connectivity index (χ1v) is 5.61.